The number of aliphatic carboxylic acids is 2. The van der Waals surface area contributed by atoms with E-state index in [1.165, 1.54) is 128 Å². The van der Waals surface area contributed by atoms with E-state index in [-0.39, 0.29) is 50.8 Å². The third-order valence-corrected chi connectivity index (χ3v) is 9.70. The predicted octanol–water partition coefficient (Wildman–Crippen LogP) is 10.9. The molecule has 55 heavy (non-hydrogen) atoms. The third-order valence-electron chi connectivity index (χ3n) is 9.70. The van der Waals surface area contributed by atoms with Crippen molar-refractivity contribution >= 4 is 49.7 Å². The fourth-order valence-electron chi connectivity index (χ4n) is 6.55. The monoisotopic (exact) mass is 797 g/mol. The Morgan fingerprint density at radius 3 is 0.745 bits per heavy atom. The largest absolute Gasteiger partial charge is 2.00 e. The third kappa shape index (κ3) is 53.1. The van der Waals surface area contributed by atoms with Gasteiger partial charge in [0.15, 0.2) is 0 Å². The topological polar surface area (TPSA) is 86.7 Å². The van der Waals surface area contributed by atoms with Crippen LogP contribution in [0.15, 0.2) is 48.6 Å². The van der Waals surface area contributed by atoms with Crippen LogP contribution in [-0.2, 0) is 9.59 Å². The van der Waals surface area contributed by atoms with E-state index in [0.29, 0.717) is 0 Å². The van der Waals surface area contributed by atoms with Gasteiger partial charge in [-0.15, -0.1) is 0 Å². The van der Waals surface area contributed by atoms with Crippen molar-refractivity contribution in [1.82, 2.24) is 9.80 Å². The molecule has 7 heteroatoms. The zero-order chi connectivity index (χ0) is 40.0. The summed E-state index contributed by atoms with van der Waals surface area (Å²) in [5, 5.41) is 21.9. The van der Waals surface area contributed by atoms with Gasteiger partial charge in [-0.3, -0.25) is 9.80 Å². The summed E-state index contributed by atoms with van der Waals surface area (Å²) in [4.78, 5) is 26.1. The maximum atomic E-state index is 11.0. The SMILES string of the molecule is CC/C=C/CCCCCCCN(CCCCCCC/C=C/CC)CC(=O)[O-].CC/C=C/CCCCCCCN(CCCCCCC/C=C/CC)CC(=O)[O-].[Ca+2]. The standard InChI is InChI=1S/2C24H45NO2.Ca/c2*1-3-5-7-9-11-13-15-17-19-21-25(23-24(26)27)22-20-18-16-14-12-10-8-6-4-2;/h2*5-8H,3-4,9-23H2,1-2H3,(H,26,27);/q;;+2/p-2/b2*7-5+,8-6+;. The summed E-state index contributed by atoms with van der Waals surface area (Å²) in [7, 11) is 0. The van der Waals surface area contributed by atoms with Gasteiger partial charge in [0.05, 0.1) is 11.9 Å². The van der Waals surface area contributed by atoms with Crippen molar-refractivity contribution in [1.29, 1.82) is 0 Å². The molecular weight excluding hydrogens is 709 g/mol. The van der Waals surface area contributed by atoms with Crippen LogP contribution in [0, 0.1) is 0 Å². The number of carbonyl (C=O) groups excluding carboxylic acids is 2. The van der Waals surface area contributed by atoms with E-state index in [0.717, 1.165) is 77.5 Å². The summed E-state index contributed by atoms with van der Waals surface area (Å²) < 4.78 is 0. The van der Waals surface area contributed by atoms with Gasteiger partial charge in [0, 0.05) is 13.1 Å². The molecule has 0 heterocycles. The van der Waals surface area contributed by atoms with Crippen LogP contribution in [0.4, 0.5) is 0 Å². The van der Waals surface area contributed by atoms with E-state index in [2.05, 4.69) is 86.1 Å². The van der Waals surface area contributed by atoms with Crippen LogP contribution in [0.3, 0.4) is 0 Å². The maximum Gasteiger partial charge on any atom is 2.00 e. The van der Waals surface area contributed by atoms with E-state index in [1.807, 2.05) is 0 Å². The van der Waals surface area contributed by atoms with Crippen LogP contribution < -0.4 is 10.2 Å². The average Bonchev–Trinajstić information content (AvgIpc) is 3.14. The van der Waals surface area contributed by atoms with Crippen molar-refractivity contribution in [3.63, 3.8) is 0 Å². The van der Waals surface area contributed by atoms with Crippen molar-refractivity contribution in [3.8, 4) is 0 Å². The molecule has 0 radical (unpaired) electrons. The van der Waals surface area contributed by atoms with Gasteiger partial charge in [-0.05, 0) is 129 Å². The first-order valence-corrected chi connectivity index (χ1v) is 22.8. The van der Waals surface area contributed by atoms with Gasteiger partial charge in [0.25, 0.3) is 0 Å². The minimum absolute atomic E-state index is 0. The Morgan fingerprint density at radius 1 is 0.345 bits per heavy atom. The molecule has 0 saturated carbocycles. The molecule has 0 aromatic carbocycles. The molecule has 0 aliphatic carbocycles. The summed E-state index contributed by atoms with van der Waals surface area (Å²) in [5.74, 6) is -1.89. The van der Waals surface area contributed by atoms with Crippen molar-refractivity contribution in [3.05, 3.63) is 48.6 Å². The summed E-state index contributed by atoms with van der Waals surface area (Å²) >= 11 is 0. The molecule has 0 aromatic heterocycles. The minimum Gasteiger partial charge on any atom is -0.549 e. The molecule has 0 N–H and O–H groups in total. The number of hydrogen-bond donors (Lipinski definition) is 0. The van der Waals surface area contributed by atoms with Crippen molar-refractivity contribution in [2.75, 3.05) is 39.3 Å². The second-order valence-corrected chi connectivity index (χ2v) is 15.0. The number of carbonyl (C=O) groups is 2. The first-order valence-electron chi connectivity index (χ1n) is 22.8. The van der Waals surface area contributed by atoms with E-state index in [1.54, 1.807) is 0 Å². The Bertz CT molecular complexity index is 776. The van der Waals surface area contributed by atoms with Crippen molar-refractivity contribution in [2.45, 2.75) is 207 Å². The summed E-state index contributed by atoms with van der Waals surface area (Å²) in [6.45, 7) is 12.4. The summed E-state index contributed by atoms with van der Waals surface area (Å²) in [6.07, 6.45) is 51.8. The first kappa shape index (κ1) is 58.4. The Labute approximate surface area is 372 Å². The van der Waals surface area contributed by atoms with Gasteiger partial charge in [-0.1, -0.05) is 153 Å². The Morgan fingerprint density at radius 2 is 0.545 bits per heavy atom. The van der Waals surface area contributed by atoms with E-state index >= 15 is 0 Å². The minimum atomic E-state index is -0.944. The van der Waals surface area contributed by atoms with Crippen molar-refractivity contribution in [2.24, 2.45) is 0 Å². The molecule has 0 fully saturated rings. The first-order chi connectivity index (χ1) is 26.4. The van der Waals surface area contributed by atoms with Gasteiger partial charge in [-0.25, -0.2) is 0 Å². The molecular formula is C48H88CaN2O4. The van der Waals surface area contributed by atoms with Crippen LogP contribution in [-0.4, -0.2) is 98.7 Å². The predicted molar refractivity (Wildman–Crippen MR) is 237 cm³/mol. The molecule has 6 nitrogen and oxygen atoms in total. The quantitative estimate of drug-likeness (QED) is 0.0349. The number of carboxylic acids is 2. The van der Waals surface area contributed by atoms with E-state index < -0.39 is 11.9 Å². The molecule has 0 saturated heterocycles. The van der Waals surface area contributed by atoms with Crippen LogP contribution >= 0.6 is 0 Å². The second kappa shape index (κ2) is 51.1. The fraction of sp³-hybridized carbons (Fsp3) is 0.792. The zero-order valence-corrected chi connectivity index (χ0v) is 39.1. The van der Waals surface area contributed by atoms with Gasteiger partial charge in [0.2, 0.25) is 0 Å². The number of hydrogen-bond acceptors (Lipinski definition) is 6. The normalized spacial score (nSPS) is 11.7. The molecule has 0 aliphatic rings. The maximum absolute atomic E-state index is 11.0. The zero-order valence-electron chi connectivity index (χ0n) is 36.9. The molecule has 0 atom stereocenters. The van der Waals surface area contributed by atoms with Crippen LogP contribution in [0.2, 0.25) is 0 Å². The van der Waals surface area contributed by atoms with E-state index in [4.69, 9.17) is 0 Å². The molecule has 0 aromatic rings. The Balaban J connectivity index is -0.000000966. The molecule has 316 valence electrons. The van der Waals surface area contributed by atoms with Crippen LogP contribution in [0.25, 0.3) is 0 Å². The number of allylic oxidation sites excluding steroid dienone is 8. The van der Waals surface area contributed by atoms with Crippen molar-refractivity contribution < 1.29 is 19.8 Å². The molecule has 0 rings (SSSR count). The second-order valence-electron chi connectivity index (χ2n) is 15.0. The van der Waals surface area contributed by atoms with Gasteiger partial charge >= 0.3 is 37.7 Å². The van der Waals surface area contributed by atoms with Gasteiger partial charge in [-0.2, -0.15) is 0 Å². The number of nitrogens with zero attached hydrogens (tertiary/aromatic N) is 2. The fourth-order valence-corrected chi connectivity index (χ4v) is 6.55. The summed E-state index contributed by atoms with van der Waals surface area (Å²) in [5.41, 5.74) is 0. The number of rotatable bonds is 40. The molecule has 0 amide bonds. The van der Waals surface area contributed by atoms with Crippen LogP contribution in [0.5, 0.6) is 0 Å². The van der Waals surface area contributed by atoms with Crippen LogP contribution in [0.1, 0.15) is 207 Å². The Hall–Kier alpha value is -0.920. The smallest absolute Gasteiger partial charge is 0.549 e. The molecule has 0 bridgehead atoms. The summed E-state index contributed by atoms with van der Waals surface area (Å²) in [6, 6.07) is 0. The average molecular weight is 797 g/mol. The molecule has 0 aliphatic heterocycles. The van der Waals surface area contributed by atoms with E-state index in [9.17, 15) is 19.8 Å². The van der Waals surface area contributed by atoms with Gasteiger partial charge < -0.3 is 19.8 Å². The number of carboxylic acid groups (broad SMARTS) is 2. The molecule has 0 spiro atoms. The molecule has 0 unspecified atom stereocenters. The van der Waals surface area contributed by atoms with Gasteiger partial charge in [0.1, 0.15) is 0 Å². The Kier molecular flexibility index (Phi) is 54.3. The number of unbranched alkanes of at least 4 members (excludes halogenated alkanes) is 20.